The molecular weight excluding hydrogens is 534 g/mol. The summed E-state index contributed by atoms with van der Waals surface area (Å²) in [5, 5.41) is 23.2. The van der Waals surface area contributed by atoms with Crippen molar-refractivity contribution in [2.45, 2.75) is 0 Å². The van der Waals surface area contributed by atoms with Gasteiger partial charge in [0.05, 0.1) is 30.4 Å². The number of carbonyl (C=O) groups is 2. The highest BCUT2D eigenvalue weighted by molar-refractivity contribution is 9.10. The van der Waals surface area contributed by atoms with E-state index >= 15 is 0 Å². The number of nitro groups is 1. The largest absolute Gasteiger partial charge is 0.497 e. The highest BCUT2D eigenvalue weighted by atomic mass is 79.9. The van der Waals surface area contributed by atoms with Gasteiger partial charge in [-0.25, -0.2) is 4.79 Å². The highest BCUT2D eigenvalue weighted by Crippen LogP contribution is 2.30. The van der Waals surface area contributed by atoms with Crippen molar-refractivity contribution >= 4 is 45.3 Å². The van der Waals surface area contributed by atoms with E-state index in [1.54, 1.807) is 30.3 Å². The molecule has 3 aromatic rings. The third-order valence-electron chi connectivity index (χ3n) is 4.81. The van der Waals surface area contributed by atoms with Crippen LogP contribution < -0.4 is 19.5 Å². The fraction of sp³-hybridized carbons (Fsp3) is 0.0800. The molecule has 0 unspecified atom stereocenters. The lowest BCUT2D eigenvalue weighted by atomic mass is 10.1. The molecule has 182 valence electrons. The van der Waals surface area contributed by atoms with E-state index in [9.17, 15) is 25.0 Å². The molecule has 11 heteroatoms. The quantitative estimate of drug-likeness (QED) is 0.101. The molecule has 0 heterocycles. The number of hydrogen-bond acceptors (Lipinski definition) is 8. The summed E-state index contributed by atoms with van der Waals surface area (Å²) >= 11 is 3.32. The number of rotatable bonds is 8. The molecule has 1 amide bonds. The number of nitrogens with one attached hydrogen (secondary N) is 1. The molecule has 3 rings (SSSR count). The maximum absolute atomic E-state index is 12.8. The number of anilines is 1. The lowest BCUT2D eigenvalue weighted by Gasteiger charge is -2.11. The van der Waals surface area contributed by atoms with E-state index in [-0.39, 0.29) is 39.6 Å². The minimum Gasteiger partial charge on any atom is -0.497 e. The van der Waals surface area contributed by atoms with E-state index in [2.05, 4.69) is 21.2 Å². The van der Waals surface area contributed by atoms with E-state index in [0.717, 1.165) is 6.07 Å². The van der Waals surface area contributed by atoms with Gasteiger partial charge in [-0.15, -0.1) is 0 Å². The van der Waals surface area contributed by atoms with Crippen LogP contribution in [0.3, 0.4) is 0 Å². The number of benzene rings is 3. The molecule has 0 aliphatic rings. The standard InChI is InChI=1S/C25H18BrN3O7/c1-34-20-7-3-15(4-8-20)25(31)36-22-9-5-18(26)12-16(22)11-17(14-27)24(30)28-21-13-19(29(32)33)6-10-23(21)35-2/h3-13H,1-2H3,(H,28,30)/b17-11+. The fourth-order valence-electron chi connectivity index (χ4n) is 3.01. The molecule has 0 aromatic heterocycles. The summed E-state index contributed by atoms with van der Waals surface area (Å²) < 4.78 is 16.3. The maximum atomic E-state index is 12.8. The lowest BCUT2D eigenvalue weighted by Crippen LogP contribution is -2.14. The summed E-state index contributed by atoms with van der Waals surface area (Å²) in [4.78, 5) is 35.9. The third kappa shape index (κ3) is 6.25. The van der Waals surface area contributed by atoms with E-state index in [4.69, 9.17) is 14.2 Å². The number of nitro benzene ring substituents is 1. The molecule has 3 aromatic carbocycles. The number of nitriles is 1. The van der Waals surface area contributed by atoms with Crippen molar-refractivity contribution in [3.05, 3.63) is 92.0 Å². The van der Waals surface area contributed by atoms with Crippen molar-refractivity contribution in [3.63, 3.8) is 0 Å². The van der Waals surface area contributed by atoms with Crippen molar-refractivity contribution in [2.24, 2.45) is 0 Å². The second-order valence-corrected chi connectivity index (χ2v) is 7.98. The number of carbonyl (C=O) groups excluding carboxylic acids is 2. The Bertz CT molecular complexity index is 1400. The van der Waals surface area contributed by atoms with Crippen LogP contribution in [0.15, 0.2) is 70.7 Å². The number of hydrogen-bond donors (Lipinski definition) is 1. The summed E-state index contributed by atoms with van der Waals surface area (Å²) in [6.45, 7) is 0. The minimum atomic E-state index is -0.844. The van der Waals surface area contributed by atoms with Gasteiger partial charge in [-0.2, -0.15) is 5.26 Å². The average Bonchev–Trinajstić information content (AvgIpc) is 2.88. The van der Waals surface area contributed by atoms with Crippen LogP contribution in [0.4, 0.5) is 11.4 Å². The van der Waals surface area contributed by atoms with Crippen molar-refractivity contribution in [1.82, 2.24) is 0 Å². The van der Waals surface area contributed by atoms with Crippen LogP contribution in [-0.2, 0) is 4.79 Å². The van der Waals surface area contributed by atoms with Crippen molar-refractivity contribution in [3.8, 4) is 23.3 Å². The minimum absolute atomic E-state index is 0.0123. The molecule has 0 bridgehead atoms. The van der Waals surface area contributed by atoms with Gasteiger partial charge in [0.15, 0.2) is 0 Å². The molecule has 0 aliphatic heterocycles. The van der Waals surface area contributed by atoms with E-state index in [1.165, 1.54) is 50.6 Å². The summed E-state index contributed by atoms with van der Waals surface area (Å²) in [6, 6.07) is 16.5. The Morgan fingerprint density at radius 3 is 2.33 bits per heavy atom. The molecule has 1 N–H and O–H groups in total. The van der Waals surface area contributed by atoms with Gasteiger partial charge >= 0.3 is 5.97 Å². The predicted octanol–water partition coefficient (Wildman–Crippen LogP) is 5.14. The molecule has 0 spiro atoms. The van der Waals surface area contributed by atoms with Crippen LogP contribution in [0, 0.1) is 21.4 Å². The van der Waals surface area contributed by atoms with E-state index in [0.29, 0.717) is 10.2 Å². The fourth-order valence-corrected chi connectivity index (χ4v) is 3.39. The number of ether oxygens (including phenoxy) is 3. The first kappa shape index (κ1) is 25.9. The summed E-state index contributed by atoms with van der Waals surface area (Å²) in [7, 11) is 2.84. The first-order chi connectivity index (χ1) is 17.2. The first-order valence-electron chi connectivity index (χ1n) is 10.2. The van der Waals surface area contributed by atoms with Gasteiger partial charge in [0.25, 0.3) is 11.6 Å². The van der Waals surface area contributed by atoms with Crippen molar-refractivity contribution < 1.29 is 28.7 Å². The maximum Gasteiger partial charge on any atom is 0.343 e. The molecule has 0 fully saturated rings. The van der Waals surface area contributed by atoms with E-state index in [1.807, 2.05) is 0 Å². The Kier molecular flexibility index (Phi) is 8.38. The highest BCUT2D eigenvalue weighted by Gasteiger charge is 2.18. The van der Waals surface area contributed by atoms with Crippen LogP contribution in [0.2, 0.25) is 0 Å². The molecule has 0 aliphatic carbocycles. The zero-order valence-corrected chi connectivity index (χ0v) is 20.6. The number of nitrogens with zero attached hydrogens (tertiary/aromatic N) is 2. The number of halogens is 1. The van der Waals surface area contributed by atoms with Crippen LogP contribution >= 0.6 is 15.9 Å². The van der Waals surface area contributed by atoms with E-state index < -0.39 is 16.8 Å². The van der Waals surface area contributed by atoms with Gasteiger partial charge in [-0.3, -0.25) is 14.9 Å². The molecule has 0 saturated heterocycles. The molecule has 10 nitrogen and oxygen atoms in total. The predicted molar refractivity (Wildman–Crippen MR) is 134 cm³/mol. The first-order valence-corrected chi connectivity index (χ1v) is 11.0. The lowest BCUT2D eigenvalue weighted by molar-refractivity contribution is -0.384. The number of amides is 1. The summed E-state index contributed by atoms with van der Waals surface area (Å²) in [5.41, 5.74) is -0.0661. The Labute approximate surface area is 214 Å². The zero-order valence-electron chi connectivity index (χ0n) is 19.0. The Hall–Kier alpha value is -4.69. The average molecular weight is 552 g/mol. The number of non-ortho nitro benzene ring substituents is 1. The number of esters is 1. The third-order valence-corrected chi connectivity index (χ3v) is 5.30. The second-order valence-electron chi connectivity index (χ2n) is 7.07. The molecule has 0 radical (unpaired) electrons. The molecule has 36 heavy (non-hydrogen) atoms. The van der Waals surface area contributed by atoms with Gasteiger partial charge < -0.3 is 19.5 Å². The summed E-state index contributed by atoms with van der Waals surface area (Å²) in [6.07, 6.45) is 1.24. The van der Waals surface area contributed by atoms with Crippen LogP contribution in [0.5, 0.6) is 17.2 Å². The van der Waals surface area contributed by atoms with Crippen LogP contribution in [0.1, 0.15) is 15.9 Å². The Morgan fingerprint density at radius 1 is 1.03 bits per heavy atom. The number of methoxy groups -OCH3 is 2. The topological polar surface area (TPSA) is 141 Å². The second kappa shape index (κ2) is 11.6. The summed E-state index contributed by atoms with van der Waals surface area (Å²) in [5.74, 6) is -0.651. The van der Waals surface area contributed by atoms with Crippen molar-refractivity contribution in [2.75, 3.05) is 19.5 Å². The van der Waals surface area contributed by atoms with Gasteiger partial charge in [0, 0.05) is 22.2 Å². The van der Waals surface area contributed by atoms with Gasteiger partial charge in [-0.05, 0) is 54.6 Å². The van der Waals surface area contributed by atoms with Gasteiger partial charge in [0.2, 0.25) is 0 Å². The Morgan fingerprint density at radius 2 is 1.72 bits per heavy atom. The normalized spacial score (nSPS) is 10.7. The Balaban J connectivity index is 1.90. The monoisotopic (exact) mass is 551 g/mol. The molecule has 0 saturated carbocycles. The molecule has 0 atom stereocenters. The SMILES string of the molecule is COc1ccc(C(=O)Oc2ccc(Br)cc2/C=C(\C#N)C(=O)Nc2cc([N+](=O)[O-])ccc2OC)cc1. The van der Waals surface area contributed by atoms with Crippen molar-refractivity contribution in [1.29, 1.82) is 5.26 Å². The van der Waals surface area contributed by atoms with Crippen LogP contribution in [0.25, 0.3) is 6.08 Å². The smallest absolute Gasteiger partial charge is 0.343 e. The zero-order chi connectivity index (χ0) is 26.2. The van der Waals surface area contributed by atoms with Gasteiger partial charge in [0.1, 0.15) is 28.9 Å². The van der Waals surface area contributed by atoms with Gasteiger partial charge in [-0.1, -0.05) is 15.9 Å². The molecular formula is C25H18BrN3O7. The van der Waals surface area contributed by atoms with Crippen LogP contribution in [-0.4, -0.2) is 31.0 Å².